The summed E-state index contributed by atoms with van der Waals surface area (Å²) < 4.78 is 3.86. The number of nitrogens with zero attached hydrogens (tertiary/aromatic N) is 1. The molecule has 0 aromatic carbocycles. The van der Waals surface area contributed by atoms with E-state index in [1.54, 1.807) is 11.0 Å². The van der Waals surface area contributed by atoms with Gasteiger partial charge in [-0.15, -0.1) is 0 Å². The molecule has 0 radical (unpaired) electrons. The van der Waals surface area contributed by atoms with Gasteiger partial charge in [-0.2, -0.15) is 0 Å². The van der Waals surface area contributed by atoms with Crippen molar-refractivity contribution in [2.75, 3.05) is 13.7 Å². The van der Waals surface area contributed by atoms with Gasteiger partial charge in [0, 0.05) is 13.0 Å². The number of amides is 2. The first-order chi connectivity index (χ1) is 9.56. The predicted octanol–water partition coefficient (Wildman–Crippen LogP) is 1.22. The zero-order valence-corrected chi connectivity index (χ0v) is 12.4. The maximum Gasteiger partial charge on any atom is 0.292 e. The number of allylic oxidation sites excluding steroid dienone is 1. The highest BCUT2D eigenvalue weighted by atomic mass is 16.5. The molecule has 0 aromatic rings. The minimum Gasteiger partial charge on any atom is -0.471 e. The van der Waals surface area contributed by atoms with Crippen LogP contribution in [0.15, 0.2) is 12.2 Å². The summed E-state index contributed by atoms with van der Waals surface area (Å²) in [4.78, 5) is 33.5. The Bertz CT molecular complexity index is 342. The van der Waals surface area contributed by atoms with Crippen molar-refractivity contribution in [3.63, 3.8) is 0 Å². The van der Waals surface area contributed by atoms with Crippen LogP contribution >= 0.6 is 0 Å². The standard InChI is InChI=1S/C12H20N2O2.C2H4O2/c1-3-4-5-7-11(15)13-10(2)14-9-6-8-12(14)16;1-4-2-3/h5,7,10H,3-4,6,8-9H2,1-2H3,(H,13,15);2H,1H3/b7-5-;. The average molecular weight is 284 g/mol. The Morgan fingerprint density at radius 1 is 1.55 bits per heavy atom. The van der Waals surface area contributed by atoms with Crippen LogP contribution < -0.4 is 5.32 Å². The summed E-state index contributed by atoms with van der Waals surface area (Å²) >= 11 is 0. The van der Waals surface area contributed by atoms with Crippen LogP contribution in [0.25, 0.3) is 0 Å². The summed E-state index contributed by atoms with van der Waals surface area (Å²) in [6.45, 7) is 5.03. The third kappa shape index (κ3) is 7.56. The number of hydrogen-bond acceptors (Lipinski definition) is 4. The summed E-state index contributed by atoms with van der Waals surface area (Å²) in [5.41, 5.74) is 0. The Morgan fingerprint density at radius 2 is 2.20 bits per heavy atom. The molecular weight excluding hydrogens is 260 g/mol. The number of methoxy groups -OCH3 is 1. The van der Waals surface area contributed by atoms with E-state index >= 15 is 0 Å². The van der Waals surface area contributed by atoms with Crippen LogP contribution in [0, 0.1) is 0 Å². The molecule has 1 saturated heterocycles. The summed E-state index contributed by atoms with van der Waals surface area (Å²) in [6.07, 6.45) is 6.63. The number of carbonyl (C=O) groups is 3. The van der Waals surface area contributed by atoms with Crippen LogP contribution in [0.2, 0.25) is 0 Å². The van der Waals surface area contributed by atoms with Crippen LogP contribution in [0.3, 0.4) is 0 Å². The van der Waals surface area contributed by atoms with Gasteiger partial charge < -0.3 is 15.0 Å². The topological polar surface area (TPSA) is 75.7 Å². The third-order valence-corrected chi connectivity index (χ3v) is 2.75. The molecule has 1 aliphatic rings. The first-order valence-electron chi connectivity index (χ1n) is 6.79. The van der Waals surface area contributed by atoms with Gasteiger partial charge in [0.05, 0.1) is 7.11 Å². The summed E-state index contributed by atoms with van der Waals surface area (Å²) in [6, 6.07) is 0. The molecule has 0 bridgehead atoms. The van der Waals surface area contributed by atoms with Gasteiger partial charge in [-0.05, 0) is 25.8 Å². The average Bonchev–Trinajstić information content (AvgIpc) is 2.85. The van der Waals surface area contributed by atoms with Crippen LogP contribution in [-0.2, 0) is 19.1 Å². The Labute approximate surface area is 120 Å². The lowest BCUT2D eigenvalue weighted by molar-refractivity contribution is -0.131. The van der Waals surface area contributed by atoms with E-state index in [0.29, 0.717) is 12.9 Å². The summed E-state index contributed by atoms with van der Waals surface area (Å²) in [5, 5.41) is 2.79. The SMILES string of the molecule is CCC/C=C\C(=O)NC(C)N1CCCC1=O.COC=O. The lowest BCUT2D eigenvalue weighted by Gasteiger charge is -2.24. The zero-order chi connectivity index (χ0) is 15.4. The van der Waals surface area contributed by atoms with Crippen molar-refractivity contribution in [3.8, 4) is 0 Å². The molecule has 1 unspecified atom stereocenters. The highest BCUT2D eigenvalue weighted by Crippen LogP contribution is 2.11. The first kappa shape index (κ1) is 18.1. The van der Waals surface area contributed by atoms with E-state index in [1.807, 2.05) is 13.0 Å². The van der Waals surface area contributed by atoms with Crippen molar-refractivity contribution in [1.29, 1.82) is 0 Å². The summed E-state index contributed by atoms with van der Waals surface area (Å²) in [5.74, 6) is 0.00554. The van der Waals surface area contributed by atoms with Crippen LogP contribution in [0.4, 0.5) is 0 Å². The molecule has 2 amide bonds. The van der Waals surface area contributed by atoms with Gasteiger partial charge in [-0.1, -0.05) is 19.4 Å². The van der Waals surface area contributed by atoms with Gasteiger partial charge >= 0.3 is 0 Å². The van der Waals surface area contributed by atoms with E-state index in [0.717, 1.165) is 25.8 Å². The van der Waals surface area contributed by atoms with Crippen molar-refractivity contribution < 1.29 is 19.1 Å². The second-order valence-corrected chi connectivity index (χ2v) is 4.40. The lowest BCUT2D eigenvalue weighted by atomic mass is 10.3. The molecule has 1 fully saturated rings. The van der Waals surface area contributed by atoms with Gasteiger partial charge in [0.15, 0.2) is 0 Å². The third-order valence-electron chi connectivity index (χ3n) is 2.75. The lowest BCUT2D eigenvalue weighted by Crippen LogP contribution is -2.46. The number of hydrogen-bond donors (Lipinski definition) is 1. The highest BCUT2D eigenvalue weighted by molar-refractivity contribution is 5.88. The van der Waals surface area contributed by atoms with E-state index in [1.165, 1.54) is 7.11 Å². The number of likely N-dealkylation sites (tertiary alicyclic amines) is 1. The predicted molar refractivity (Wildman–Crippen MR) is 75.7 cm³/mol. The molecule has 6 heteroatoms. The Kier molecular flexibility index (Phi) is 10.00. The van der Waals surface area contributed by atoms with E-state index in [-0.39, 0.29) is 18.0 Å². The molecule has 20 heavy (non-hydrogen) atoms. The molecule has 0 spiro atoms. The normalized spacial score (nSPS) is 15.6. The maximum atomic E-state index is 11.5. The first-order valence-corrected chi connectivity index (χ1v) is 6.79. The fourth-order valence-electron chi connectivity index (χ4n) is 1.77. The zero-order valence-electron chi connectivity index (χ0n) is 12.4. The fourth-order valence-corrected chi connectivity index (χ4v) is 1.77. The van der Waals surface area contributed by atoms with E-state index in [2.05, 4.69) is 17.0 Å². The Morgan fingerprint density at radius 3 is 2.65 bits per heavy atom. The quantitative estimate of drug-likeness (QED) is 0.587. The van der Waals surface area contributed by atoms with Gasteiger partial charge in [-0.25, -0.2) is 0 Å². The number of unbranched alkanes of at least 4 members (excludes halogenated alkanes) is 1. The van der Waals surface area contributed by atoms with Crippen molar-refractivity contribution in [3.05, 3.63) is 12.2 Å². The van der Waals surface area contributed by atoms with Crippen LogP contribution in [-0.4, -0.2) is 43.0 Å². The van der Waals surface area contributed by atoms with Crippen molar-refractivity contribution in [1.82, 2.24) is 10.2 Å². The molecule has 1 N–H and O–H groups in total. The number of ether oxygens (including phenoxy) is 1. The number of rotatable bonds is 6. The molecule has 1 heterocycles. The minimum atomic E-state index is -0.200. The van der Waals surface area contributed by atoms with E-state index in [4.69, 9.17) is 4.79 Å². The monoisotopic (exact) mass is 284 g/mol. The maximum absolute atomic E-state index is 11.5. The minimum absolute atomic E-state index is 0.124. The van der Waals surface area contributed by atoms with Crippen LogP contribution in [0.1, 0.15) is 39.5 Å². The summed E-state index contributed by atoms with van der Waals surface area (Å²) in [7, 11) is 1.31. The van der Waals surface area contributed by atoms with E-state index < -0.39 is 0 Å². The fraction of sp³-hybridized carbons (Fsp3) is 0.643. The molecule has 0 aromatic heterocycles. The molecule has 114 valence electrons. The Hall–Kier alpha value is -1.85. The highest BCUT2D eigenvalue weighted by Gasteiger charge is 2.25. The van der Waals surface area contributed by atoms with Gasteiger partial charge in [0.1, 0.15) is 6.17 Å². The molecule has 0 saturated carbocycles. The van der Waals surface area contributed by atoms with Crippen LogP contribution in [0.5, 0.6) is 0 Å². The van der Waals surface area contributed by atoms with E-state index in [9.17, 15) is 9.59 Å². The molecule has 6 nitrogen and oxygen atoms in total. The van der Waals surface area contributed by atoms with Crippen molar-refractivity contribution in [2.45, 2.75) is 45.7 Å². The Balaban J connectivity index is 0.000000796. The van der Waals surface area contributed by atoms with Crippen molar-refractivity contribution in [2.24, 2.45) is 0 Å². The molecule has 0 aliphatic carbocycles. The largest absolute Gasteiger partial charge is 0.471 e. The number of nitrogens with one attached hydrogen (secondary N) is 1. The van der Waals surface area contributed by atoms with Crippen molar-refractivity contribution >= 4 is 18.3 Å². The smallest absolute Gasteiger partial charge is 0.292 e. The van der Waals surface area contributed by atoms with Gasteiger partial charge in [0.2, 0.25) is 11.8 Å². The second-order valence-electron chi connectivity index (χ2n) is 4.40. The molecule has 1 rings (SSSR count). The molecule has 1 aliphatic heterocycles. The molecule has 1 atom stereocenters. The number of carbonyl (C=O) groups excluding carboxylic acids is 3. The molecular formula is C14H24N2O4. The van der Waals surface area contributed by atoms with Gasteiger partial charge in [0.25, 0.3) is 6.47 Å². The second kappa shape index (κ2) is 11.0. The van der Waals surface area contributed by atoms with Gasteiger partial charge in [-0.3, -0.25) is 14.4 Å².